The van der Waals surface area contributed by atoms with E-state index in [1.54, 1.807) is 10.8 Å². The van der Waals surface area contributed by atoms with Crippen molar-refractivity contribution in [3.05, 3.63) is 23.4 Å². The van der Waals surface area contributed by atoms with Crippen molar-refractivity contribution >= 4 is 18.1 Å². The molecule has 86 valence electrons. The Bertz CT molecular complexity index is 488. The van der Waals surface area contributed by atoms with Crippen LogP contribution in [-0.2, 0) is 16.1 Å². The lowest BCUT2D eigenvalue weighted by atomic mass is 10.4. The van der Waals surface area contributed by atoms with E-state index in [4.69, 9.17) is 0 Å². The van der Waals surface area contributed by atoms with E-state index >= 15 is 0 Å². The standard InChI is InChI=1S/C11H15N3O2/c1-4-6-10-9(5-2)12-13-14(10)8-7-11(15)16-3/h4-6H,1,7-8H2,2-3H3/b9-5+,10-6+. The van der Waals surface area contributed by atoms with Gasteiger partial charge in [0, 0.05) is 0 Å². The third-order valence-electron chi connectivity index (χ3n) is 2.11. The predicted octanol–water partition coefficient (Wildman–Crippen LogP) is -0.392. The van der Waals surface area contributed by atoms with Crippen LogP contribution in [0.5, 0.6) is 0 Å². The smallest absolute Gasteiger partial charge is 0.307 e. The Balaban J connectivity index is 2.98. The van der Waals surface area contributed by atoms with Crippen molar-refractivity contribution in [2.45, 2.75) is 19.9 Å². The highest BCUT2D eigenvalue weighted by atomic mass is 16.5. The van der Waals surface area contributed by atoms with Gasteiger partial charge in [-0.05, 0) is 13.0 Å². The molecular formula is C11H15N3O2. The minimum Gasteiger partial charge on any atom is -0.469 e. The van der Waals surface area contributed by atoms with E-state index in [-0.39, 0.29) is 12.4 Å². The monoisotopic (exact) mass is 221 g/mol. The lowest BCUT2D eigenvalue weighted by Gasteiger charge is -1.99. The van der Waals surface area contributed by atoms with Crippen LogP contribution in [0.15, 0.2) is 12.7 Å². The second-order valence-electron chi connectivity index (χ2n) is 3.10. The van der Waals surface area contributed by atoms with Crippen LogP contribution in [-0.4, -0.2) is 28.1 Å². The Morgan fingerprint density at radius 3 is 2.94 bits per heavy atom. The average Bonchev–Trinajstić information content (AvgIpc) is 2.69. The highest BCUT2D eigenvalue weighted by Gasteiger charge is 2.03. The van der Waals surface area contributed by atoms with Gasteiger partial charge in [0.1, 0.15) is 5.35 Å². The summed E-state index contributed by atoms with van der Waals surface area (Å²) in [4.78, 5) is 11.0. The van der Waals surface area contributed by atoms with Crippen molar-refractivity contribution in [2.75, 3.05) is 7.11 Å². The summed E-state index contributed by atoms with van der Waals surface area (Å²) in [6.45, 7) is 5.97. The number of methoxy groups -OCH3 is 1. The second kappa shape index (κ2) is 5.85. The van der Waals surface area contributed by atoms with Crippen molar-refractivity contribution in [1.29, 1.82) is 0 Å². The summed E-state index contributed by atoms with van der Waals surface area (Å²) < 4.78 is 6.23. The highest BCUT2D eigenvalue weighted by molar-refractivity contribution is 5.68. The maximum Gasteiger partial charge on any atom is 0.307 e. The van der Waals surface area contributed by atoms with Crippen molar-refractivity contribution in [1.82, 2.24) is 15.0 Å². The van der Waals surface area contributed by atoms with E-state index in [2.05, 4.69) is 21.6 Å². The number of nitrogens with zero attached hydrogens (tertiary/aromatic N) is 3. The molecule has 5 heteroatoms. The second-order valence-corrected chi connectivity index (χ2v) is 3.10. The molecule has 0 aliphatic rings. The number of esters is 1. The average molecular weight is 221 g/mol. The molecule has 0 fully saturated rings. The number of allylic oxidation sites excluding steroid dienone is 1. The number of hydrogen-bond acceptors (Lipinski definition) is 4. The first-order chi connectivity index (χ1) is 7.72. The van der Waals surface area contributed by atoms with Gasteiger partial charge in [-0.2, -0.15) is 0 Å². The molecule has 16 heavy (non-hydrogen) atoms. The van der Waals surface area contributed by atoms with Crippen LogP contribution in [0.4, 0.5) is 0 Å². The zero-order chi connectivity index (χ0) is 12.0. The number of carbonyl (C=O) groups is 1. The Labute approximate surface area is 93.7 Å². The van der Waals surface area contributed by atoms with Crippen molar-refractivity contribution < 1.29 is 9.53 Å². The van der Waals surface area contributed by atoms with Crippen LogP contribution in [0.1, 0.15) is 13.3 Å². The fraction of sp³-hybridized carbons (Fsp3) is 0.364. The summed E-state index contributed by atoms with van der Waals surface area (Å²) in [5.41, 5.74) is 0. The van der Waals surface area contributed by atoms with Crippen molar-refractivity contribution in [3.63, 3.8) is 0 Å². The summed E-state index contributed by atoms with van der Waals surface area (Å²) in [6.07, 6.45) is 5.62. The van der Waals surface area contributed by atoms with Crippen LogP contribution >= 0.6 is 0 Å². The molecule has 1 rings (SSSR count). The Hall–Kier alpha value is -1.91. The fourth-order valence-corrected chi connectivity index (χ4v) is 1.29. The minimum atomic E-state index is -0.262. The van der Waals surface area contributed by atoms with Gasteiger partial charge in [0.2, 0.25) is 0 Å². The van der Waals surface area contributed by atoms with Gasteiger partial charge in [-0.15, -0.1) is 5.10 Å². The molecule has 0 atom stereocenters. The van der Waals surface area contributed by atoms with Crippen molar-refractivity contribution in [2.24, 2.45) is 0 Å². The Morgan fingerprint density at radius 1 is 1.62 bits per heavy atom. The quantitative estimate of drug-likeness (QED) is 0.650. The number of aromatic nitrogens is 3. The van der Waals surface area contributed by atoms with Gasteiger partial charge in [0.15, 0.2) is 0 Å². The molecule has 0 N–H and O–H groups in total. The molecule has 0 saturated heterocycles. The molecule has 0 aliphatic carbocycles. The highest BCUT2D eigenvalue weighted by Crippen LogP contribution is 1.86. The first kappa shape index (κ1) is 12.2. The van der Waals surface area contributed by atoms with Gasteiger partial charge in [0.05, 0.1) is 25.4 Å². The summed E-state index contributed by atoms with van der Waals surface area (Å²) in [5.74, 6) is -0.262. The van der Waals surface area contributed by atoms with Gasteiger partial charge in [-0.25, -0.2) is 4.68 Å². The molecule has 0 unspecified atom stereocenters. The Kier molecular flexibility index (Phi) is 4.44. The largest absolute Gasteiger partial charge is 0.469 e. The zero-order valence-corrected chi connectivity index (χ0v) is 9.51. The number of aryl methyl sites for hydroxylation is 1. The minimum absolute atomic E-state index is 0.262. The van der Waals surface area contributed by atoms with Crippen LogP contribution in [0.2, 0.25) is 0 Å². The molecule has 5 nitrogen and oxygen atoms in total. The van der Waals surface area contributed by atoms with E-state index in [1.165, 1.54) is 7.11 Å². The van der Waals surface area contributed by atoms with Crippen molar-refractivity contribution in [3.8, 4) is 0 Å². The van der Waals surface area contributed by atoms with E-state index in [0.29, 0.717) is 6.54 Å². The number of carbonyl (C=O) groups excluding carboxylic acids is 1. The van der Waals surface area contributed by atoms with Crippen LogP contribution in [0.3, 0.4) is 0 Å². The SMILES string of the molecule is C=C/C=c1\c(=C/C)nnn1CCC(=O)OC. The topological polar surface area (TPSA) is 57.0 Å². The molecule has 0 amide bonds. The molecule has 0 bridgehead atoms. The van der Waals surface area contributed by atoms with Crippen LogP contribution < -0.4 is 10.7 Å². The molecule has 0 aromatic carbocycles. The third kappa shape index (κ3) is 2.79. The third-order valence-corrected chi connectivity index (χ3v) is 2.11. The summed E-state index contributed by atoms with van der Waals surface area (Å²) in [5, 5.41) is 9.57. The van der Waals surface area contributed by atoms with E-state index in [1.807, 2.05) is 19.1 Å². The molecule has 0 radical (unpaired) electrons. The number of hydrogen-bond donors (Lipinski definition) is 0. The molecule has 1 aromatic rings. The first-order valence-electron chi connectivity index (χ1n) is 4.98. The maximum atomic E-state index is 11.0. The summed E-state index contributed by atoms with van der Waals surface area (Å²) in [7, 11) is 1.37. The predicted molar refractivity (Wildman–Crippen MR) is 60.7 cm³/mol. The summed E-state index contributed by atoms with van der Waals surface area (Å²) in [6, 6.07) is 0. The maximum absolute atomic E-state index is 11.0. The number of rotatable bonds is 4. The lowest BCUT2D eigenvalue weighted by molar-refractivity contribution is -0.140. The van der Waals surface area contributed by atoms with Crippen LogP contribution in [0.25, 0.3) is 12.2 Å². The van der Waals surface area contributed by atoms with Gasteiger partial charge in [-0.3, -0.25) is 4.79 Å². The van der Waals surface area contributed by atoms with Crippen LogP contribution in [0, 0.1) is 0 Å². The molecule has 1 aromatic heterocycles. The summed E-state index contributed by atoms with van der Waals surface area (Å²) >= 11 is 0. The zero-order valence-electron chi connectivity index (χ0n) is 9.51. The fourth-order valence-electron chi connectivity index (χ4n) is 1.29. The van der Waals surface area contributed by atoms with E-state index < -0.39 is 0 Å². The van der Waals surface area contributed by atoms with E-state index in [0.717, 1.165) is 10.7 Å². The number of ether oxygens (including phenoxy) is 1. The molecular weight excluding hydrogens is 206 g/mol. The molecule has 0 aliphatic heterocycles. The molecule has 0 saturated carbocycles. The Morgan fingerprint density at radius 2 is 2.38 bits per heavy atom. The normalized spacial score (nSPS) is 12.9. The molecule has 0 spiro atoms. The molecule has 1 heterocycles. The van der Waals surface area contributed by atoms with Gasteiger partial charge in [0.25, 0.3) is 0 Å². The van der Waals surface area contributed by atoms with E-state index in [9.17, 15) is 4.79 Å². The van der Waals surface area contributed by atoms with Gasteiger partial charge >= 0.3 is 5.97 Å². The lowest BCUT2D eigenvalue weighted by Crippen LogP contribution is -2.30. The van der Waals surface area contributed by atoms with Gasteiger partial charge in [-0.1, -0.05) is 23.9 Å². The first-order valence-corrected chi connectivity index (χ1v) is 4.98. The van der Waals surface area contributed by atoms with Gasteiger partial charge < -0.3 is 4.74 Å².